The van der Waals surface area contributed by atoms with Gasteiger partial charge in [-0.2, -0.15) is 5.26 Å². The predicted molar refractivity (Wildman–Crippen MR) is 133 cm³/mol. The molecule has 2 saturated carbocycles. The van der Waals surface area contributed by atoms with Crippen molar-refractivity contribution in [1.29, 1.82) is 5.26 Å². The number of anilines is 1. The van der Waals surface area contributed by atoms with E-state index in [1.165, 1.54) is 6.42 Å². The molecule has 0 radical (unpaired) electrons. The highest BCUT2D eigenvalue weighted by molar-refractivity contribution is 5.95. The van der Waals surface area contributed by atoms with E-state index in [9.17, 15) is 9.59 Å². The molecule has 2 aliphatic rings. The number of amides is 2. The SMILES string of the molecule is N#Cc1ccc(C(=O)N(Cc2cccc(NC(=O)C3CCCCC3)c2)C2CCC(N)CC2)cc1. The number of nitrogens with one attached hydrogen (secondary N) is 1. The molecule has 3 N–H and O–H groups in total. The molecule has 0 aliphatic heterocycles. The van der Waals surface area contributed by atoms with E-state index in [1.54, 1.807) is 24.3 Å². The summed E-state index contributed by atoms with van der Waals surface area (Å²) < 4.78 is 0. The van der Waals surface area contributed by atoms with Gasteiger partial charge in [-0.15, -0.1) is 0 Å². The van der Waals surface area contributed by atoms with Gasteiger partial charge in [0.2, 0.25) is 5.91 Å². The van der Waals surface area contributed by atoms with Gasteiger partial charge in [0.05, 0.1) is 11.6 Å². The van der Waals surface area contributed by atoms with Crippen LogP contribution in [0.5, 0.6) is 0 Å². The number of hydrogen-bond donors (Lipinski definition) is 2. The van der Waals surface area contributed by atoms with E-state index in [1.807, 2.05) is 29.2 Å². The Kier molecular flexibility index (Phi) is 7.97. The molecule has 2 aliphatic carbocycles. The number of nitrogens with two attached hydrogens (primary N) is 1. The monoisotopic (exact) mass is 458 g/mol. The van der Waals surface area contributed by atoms with Crippen molar-refractivity contribution >= 4 is 17.5 Å². The zero-order valence-corrected chi connectivity index (χ0v) is 19.7. The van der Waals surface area contributed by atoms with E-state index in [2.05, 4.69) is 11.4 Å². The fraction of sp³-hybridized carbons (Fsp3) is 0.464. The highest BCUT2D eigenvalue weighted by Crippen LogP contribution is 2.27. The third-order valence-corrected chi connectivity index (χ3v) is 7.23. The standard InChI is InChI=1S/C28H34N4O2/c29-18-20-9-11-23(12-10-20)28(34)32(26-15-13-24(30)14-16-26)19-21-5-4-8-25(17-21)31-27(33)22-6-2-1-3-7-22/h4-5,8-12,17,22,24,26H,1-3,6-7,13-16,19,30H2,(H,31,33). The van der Waals surface area contributed by atoms with Crippen LogP contribution in [0.25, 0.3) is 0 Å². The van der Waals surface area contributed by atoms with Crippen LogP contribution in [0, 0.1) is 17.2 Å². The summed E-state index contributed by atoms with van der Waals surface area (Å²) in [6.45, 7) is 0.464. The van der Waals surface area contributed by atoms with Gasteiger partial charge in [-0.1, -0.05) is 31.4 Å². The van der Waals surface area contributed by atoms with E-state index in [-0.39, 0.29) is 29.8 Å². The molecule has 0 saturated heterocycles. The average molecular weight is 459 g/mol. The number of nitriles is 1. The fourth-order valence-electron chi connectivity index (χ4n) is 5.19. The van der Waals surface area contributed by atoms with Crippen LogP contribution < -0.4 is 11.1 Å². The molecule has 0 bridgehead atoms. The Morgan fingerprint density at radius 3 is 2.35 bits per heavy atom. The number of nitrogens with zero attached hydrogens (tertiary/aromatic N) is 2. The second kappa shape index (κ2) is 11.3. The second-order valence-corrected chi connectivity index (χ2v) is 9.72. The maximum atomic E-state index is 13.5. The Morgan fingerprint density at radius 2 is 1.68 bits per heavy atom. The molecule has 2 fully saturated rings. The van der Waals surface area contributed by atoms with Crippen LogP contribution in [0.3, 0.4) is 0 Å². The molecule has 2 aromatic carbocycles. The number of benzene rings is 2. The Balaban J connectivity index is 1.51. The van der Waals surface area contributed by atoms with Crippen LogP contribution in [0.15, 0.2) is 48.5 Å². The van der Waals surface area contributed by atoms with Gasteiger partial charge in [0, 0.05) is 35.8 Å². The Morgan fingerprint density at radius 1 is 0.971 bits per heavy atom. The van der Waals surface area contributed by atoms with Gasteiger partial charge >= 0.3 is 0 Å². The van der Waals surface area contributed by atoms with Crippen molar-refractivity contribution in [3.63, 3.8) is 0 Å². The number of carbonyl (C=O) groups is 2. The van der Waals surface area contributed by atoms with Gasteiger partial charge in [-0.25, -0.2) is 0 Å². The Hall–Kier alpha value is -3.17. The fourth-order valence-corrected chi connectivity index (χ4v) is 5.19. The van der Waals surface area contributed by atoms with Crippen LogP contribution in [0.1, 0.15) is 79.3 Å². The molecule has 0 unspecified atom stereocenters. The van der Waals surface area contributed by atoms with Crippen LogP contribution >= 0.6 is 0 Å². The van der Waals surface area contributed by atoms with Gasteiger partial charge < -0.3 is 16.0 Å². The molecule has 0 aromatic heterocycles. The molecule has 0 heterocycles. The number of carbonyl (C=O) groups excluding carboxylic acids is 2. The molecule has 0 atom stereocenters. The van der Waals surface area contributed by atoms with Crippen LogP contribution in [-0.4, -0.2) is 28.8 Å². The topological polar surface area (TPSA) is 99.2 Å². The number of rotatable bonds is 6. The maximum Gasteiger partial charge on any atom is 0.254 e. The molecule has 2 aromatic rings. The first-order chi connectivity index (χ1) is 16.5. The van der Waals surface area contributed by atoms with E-state index >= 15 is 0 Å². The minimum absolute atomic E-state index is 0.0402. The lowest BCUT2D eigenvalue weighted by Crippen LogP contribution is -2.43. The first kappa shape index (κ1) is 24.0. The first-order valence-electron chi connectivity index (χ1n) is 12.5. The van der Waals surface area contributed by atoms with E-state index < -0.39 is 0 Å². The molecule has 4 rings (SSSR count). The van der Waals surface area contributed by atoms with Gasteiger partial charge in [0.1, 0.15) is 0 Å². The quantitative estimate of drug-likeness (QED) is 0.637. The van der Waals surface area contributed by atoms with Gasteiger partial charge in [0.15, 0.2) is 0 Å². The Labute approximate surface area is 202 Å². The van der Waals surface area contributed by atoms with Crippen molar-refractivity contribution in [2.75, 3.05) is 5.32 Å². The summed E-state index contributed by atoms with van der Waals surface area (Å²) in [6, 6.07) is 17.1. The maximum absolute atomic E-state index is 13.5. The third kappa shape index (κ3) is 6.03. The second-order valence-electron chi connectivity index (χ2n) is 9.72. The summed E-state index contributed by atoms with van der Waals surface area (Å²) in [6.07, 6.45) is 8.94. The highest BCUT2D eigenvalue weighted by atomic mass is 16.2. The predicted octanol–water partition coefficient (Wildman–Crippen LogP) is 4.99. The molecule has 2 amide bonds. The third-order valence-electron chi connectivity index (χ3n) is 7.23. The normalized spacial score (nSPS) is 20.8. The summed E-state index contributed by atoms with van der Waals surface area (Å²) in [4.78, 5) is 28.2. The first-order valence-corrected chi connectivity index (χ1v) is 12.5. The van der Waals surface area contributed by atoms with E-state index in [4.69, 9.17) is 11.0 Å². The van der Waals surface area contributed by atoms with Crippen molar-refractivity contribution in [1.82, 2.24) is 4.90 Å². The number of hydrogen-bond acceptors (Lipinski definition) is 4. The van der Waals surface area contributed by atoms with Crippen LogP contribution in [0.4, 0.5) is 5.69 Å². The van der Waals surface area contributed by atoms with E-state index in [0.717, 1.165) is 62.6 Å². The smallest absolute Gasteiger partial charge is 0.254 e. The lowest BCUT2D eigenvalue weighted by molar-refractivity contribution is -0.120. The zero-order valence-electron chi connectivity index (χ0n) is 19.7. The molecular formula is C28H34N4O2. The summed E-state index contributed by atoms with van der Waals surface area (Å²) in [5, 5.41) is 12.2. The van der Waals surface area contributed by atoms with Gasteiger partial charge in [0.25, 0.3) is 5.91 Å². The largest absolute Gasteiger partial charge is 0.331 e. The van der Waals surface area contributed by atoms with Crippen LogP contribution in [0.2, 0.25) is 0 Å². The van der Waals surface area contributed by atoms with Crippen LogP contribution in [-0.2, 0) is 11.3 Å². The van der Waals surface area contributed by atoms with Crippen molar-refractivity contribution in [2.45, 2.75) is 76.4 Å². The van der Waals surface area contributed by atoms with Crippen molar-refractivity contribution < 1.29 is 9.59 Å². The molecule has 178 valence electrons. The molecule has 0 spiro atoms. The lowest BCUT2D eigenvalue weighted by Gasteiger charge is -2.36. The summed E-state index contributed by atoms with van der Waals surface area (Å²) >= 11 is 0. The Bertz CT molecular complexity index is 1030. The summed E-state index contributed by atoms with van der Waals surface area (Å²) in [5.74, 6) is 0.156. The van der Waals surface area contributed by atoms with Crippen molar-refractivity contribution in [3.8, 4) is 6.07 Å². The molecule has 6 nitrogen and oxygen atoms in total. The lowest BCUT2D eigenvalue weighted by atomic mass is 9.88. The molecule has 34 heavy (non-hydrogen) atoms. The average Bonchev–Trinajstić information content (AvgIpc) is 2.88. The highest BCUT2D eigenvalue weighted by Gasteiger charge is 2.29. The summed E-state index contributed by atoms with van der Waals surface area (Å²) in [7, 11) is 0. The van der Waals surface area contributed by atoms with E-state index in [0.29, 0.717) is 17.7 Å². The molecular weight excluding hydrogens is 424 g/mol. The van der Waals surface area contributed by atoms with Crippen molar-refractivity contribution in [3.05, 3.63) is 65.2 Å². The van der Waals surface area contributed by atoms with Crippen molar-refractivity contribution in [2.24, 2.45) is 11.7 Å². The zero-order chi connectivity index (χ0) is 23.9. The minimum atomic E-state index is -0.0402. The minimum Gasteiger partial charge on any atom is -0.331 e. The van der Waals surface area contributed by atoms with Gasteiger partial charge in [-0.05, 0) is 80.5 Å². The molecule has 6 heteroatoms. The van der Waals surface area contributed by atoms with Gasteiger partial charge in [-0.3, -0.25) is 9.59 Å². The summed E-state index contributed by atoms with van der Waals surface area (Å²) in [5.41, 5.74) is 9.00.